The Bertz CT molecular complexity index is 375. The van der Waals surface area contributed by atoms with Crippen molar-refractivity contribution in [3.05, 3.63) is 29.3 Å². The third-order valence-corrected chi connectivity index (χ3v) is 3.80. The van der Waals surface area contributed by atoms with Gasteiger partial charge in [-0.3, -0.25) is 0 Å². The van der Waals surface area contributed by atoms with Gasteiger partial charge in [0.2, 0.25) is 0 Å². The second kappa shape index (κ2) is 3.53. The topological polar surface area (TPSA) is 21.3 Å². The molecule has 0 radical (unpaired) electrons. The van der Waals surface area contributed by atoms with E-state index in [-0.39, 0.29) is 0 Å². The second-order valence-electron chi connectivity index (χ2n) is 4.62. The predicted molar refractivity (Wildman–Crippen MR) is 60.6 cm³/mol. The summed E-state index contributed by atoms with van der Waals surface area (Å²) in [4.78, 5) is 0. The lowest BCUT2D eigenvalue weighted by atomic mass is 9.97. The zero-order valence-electron chi connectivity index (χ0n) is 9.12. The van der Waals surface area contributed by atoms with Gasteiger partial charge in [0.15, 0.2) is 0 Å². The molecule has 2 heteroatoms. The molecule has 1 N–H and O–H groups in total. The highest BCUT2D eigenvalue weighted by Gasteiger charge is 2.32. The van der Waals surface area contributed by atoms with E-state index in [1.165, 1.54) is 12.8 Å². The Kier molecular flexibility index (Phi) is 2.17. The van der Waals surface area contributed by atoms with Crippen molar-refractivity contribution >= 4 is 0 Å². The van der Waals surface area contributed by atoms with Gasteiger partial charge in [0.05, 0.1) is 7.11 Å². The van der Waals surface area contributed by atoms with Crippen LogP contribution in [0.1, 0.15) is 35.8 Å². The minimum atomic E-state index is 0.735. The van der Waals surface area contributed by atoms with Crippen LogP contribution in [-0.4, -0.2) is 20.2 Å². The van der Waals surface area contributed by atoms with Crippen LogP contribution < -0.4 is 10.1 Å². The first-order valence-electron chi connectivity index (χ1n) is 5.77. The molecule has 0 saturated carbocycles. The summed E-state index contributed by atoms with van der Waals surface area (Å²) in [5.41, 5.74) is 3.09. The highest BCUT2D eigenvalue weighted by molar-refractivity contribution is 5.44. The Morgan fingerprint density at radius 1 is 1.27 bits per heavy atom. The number of rotatable bonds is 1. The first kappa shape index (κ1) is 9.22. The van der Waals surface area contributed by atoms with Gasteiger partial charge in [0, 0.05) is 6.54 Å². The lowest BCUT2D eigenvalue weighted by molar-refractivity contribution is 0.413. The molecule has 3 rings (SSSR count). The number of nitrogens with one attached hydrogen (secondary N) is 1. The molecule has 1 aromatic carbocycles. The molecule has 0 amide bonds. The van der Waals surface area contributed by atoms with Gasteiger partial charge in [-0.25, -0.2) is 0 Å². The molecular formula is C13H17NO. The highest BCUT2D eigenvalue weighted by atomic mass is 16.5. The van der Waals surface area contributed by atoms with Crippen molar-refractivity contribution in [2.24, 2.45) is 0 Å². The molecule has 1 fully saturated rings. The van der Waals surface area contributed by atoms with E-state index >= 15 is 0 Å². The highest BCUT2D eigenvalue weighted by Crippen LogP contribution is 2.45. The number of methoxy groups -OCH3 is 1. The minimum Gasteiger partial charge on any atom is -0.497 e. The molecule has 1 heterocycles. The first-order valence-corrected chi connectivity index (χ1v) is 5.77. The summed E-state index contributed by atoms with van der Waals surface area (Å²) >= 11 is 0. The van der Waals surface area contributed by atoms with Crippen LogP contribution in [0.3, 0.4) is 0 Å². The summed E-state index contributed by atoms with van der Waals surface area (Å²) in [5, 5.41) is 3.52. The lowest BCUT2D eigenvalue weighted by Gasteiger charge is -2.15. The van der Waals surface area contributed by atoms with Crippen LogP contribution in [0, 0.1) is 0 Å². The Morgan fingerprint density at radius 2 is 2.20 bits per heavy atom. The van der Waals surface area contributed by atoms with Gasteiger partial charge in [-0.2, -0.15) is 0 Å². The van der Waals surface area contributed by atoms with Gasteiger partial charge >= 0.3 is 0 Å². The summed E-state index contributed by atoms with van der Waals surface area (Å²) in [6, 6.07) is 6.59. The quantitative estimate of drug-likeness (QED) is 0.756. The maximum absolute atomic E-state index is 5.30. The van der Waals surface area contributed by atoms with Crippen molar-refractivity contribution < 1.29 is 4.74 Å². The summed E-state index contributed by atoms with van der Waals surface area (Å²) in [6.07, 6.45) is 2.60. The largest absolute Gasteiger partial charge is 0.497 e. The molecule has 1 aliphatic heterocycles. The fraction of sp³-hybridized carbons (Fsp3) is 0.538. The molecule has 2 atom stereocenters. The van der Waals surface area contributed by atoms with Crippen LogP contribution in [0.4, 0.5) is 0 Å². The van der Waals surface area contributed by atoms with Gasteiger partial charge in [0.1, 0.15) is 5.75 Å². The smallest absolute Gasteiger partial charge is 0.119 e. The Labute approximate surface area is 90.6 Å². The van der Waals surface area contributed by atoms with E-state index in [1.807, 2.05) is 0 Å². The molecule has 80 valence electrons. The van der Waals surface area contributed by atoms with Crippen LogP contribution in [0.15, 0.2) is 18.2 Å². The standard InChI is InChI=1S/C13H17NO/c1-15-11-2-3-12-10-6-9(13(12)7-11)4-5-14-8-10/h2-3,7,9-10,14H,4-6,8H2,1H3. The zero-order valence-corrected chi connectivity index (χ0v) is 9.12. The van der Waals surface area contributed by atoms with Crippen molar-refractivity contribution in [2.45, 2.75) is 24.7 Å². The SMILES string of the molecule is COc1ccc2c(c1)C1CCNCC2C1. The van der Waals surface area contributed by atoms with Crippen molar-refractivity contribution in [1.82, 2.24) is 5.32 Å². The molecular weight excluding hydrogens is 186 g/mol. The Hall–Kier alpha value is -1.02. The molecule has 0 spiro atoms. The van der Waals surface area contributed by atoms with E-state index in [0.29, 0.717) is 0 Å². The van der Waals surface area contributed by atoms with Crippen LogP contribution in [0.25, 0.3) is 0 Å². The van der Waals surface area contributed by atoms with Gasteiger partial charge < -0.3 is 10.1 Å². The molecule has 1 aliphatic carbocycles. The minimum absolute atomic E-state index is 0.735. The number of fused-ring (bicyclic) bond motifs is 5. The Balaban J connectivity index is 2.04. The van der Waals surface area contributed by atoms with Crippen molar-refractivity contribution in [1.29, 1.82) is 0 Å². The Morgan fingerprint density at radius 3 is 3.07 bits per heavy atom. The van der Waals surface area contributed by atoms with Gasteiger partial charge in [0.25, 0.3) is 0 Å². The monoisotopic (exact) mass is 203 g/mol. The first-order chi connectivity index (χ1) is 7.38. The van der Waals surface area contributed by atoms with E-state index in [0.717, 1.165) is 30.7 Å². The van der Waals surface area contributed by atoms with Crippen molar-refractivity contribution in [2.75, 3.05) is 20.2 Å². The predicted octanol–water partition coefficient (Wildman–Crippen LogP) is 2.26. The van der Waals surface area contributed by atoms with Crippen molar-refractivity contribution in [3.8, 4) is 5.75 Å². The summed E-state index contributed by atoms with van der Waals surface area (Å²) in [5.74, 6) is 2.50. The fourth-order valence-electron chi connectivity index (χ4n) is 3.02. The molecule has 15 heavy (non-hydrogen) atoms. The molecule has 1 aromatic rings. The molecule has 0 aromatic heterocycles. The summed E-state index contributed by atoms with van der Waals surface area (Å²) in [7, 11) is 1.75. The normalized spacial score (nSPS) is 28.3. The lowest BCUT2D eigenvalue weighted by Crippen LogP contribution is -2.20. The average Bonchev–Trinajstić information content (AvgIpc) is 2.47. The third-order valence-electron chi connectivity index (χ3n) is 3.80. The summed E-state index contributed by atoms with van der Waals surface area (Å²) in [6.45, 7) is 2.31. The van der Waals surface area contributed by atoms with Gasteiger partial charge in [-0.1, -0.05) is 6.07 Å². The van der Waals surface area contributed by atoms with Gasteiger partial charge in [-0.05, 0) is 54.5 Å². The van der Waals surface area contributed by atoms with E-state index in [2.05, 4.69) is 23.5 Å². The number of benzene rings is 1. The van der Waals surface area contributed by atoms with Crippen LogP contribution >= 0.6 is 0 Å². The maximum atomic E-state index is 5.30. The average molecular weight is 203 g/mol. The second-order valence-corrected chi connectivity index (χ2v) is 4.62. The number of hydrogen-bond acceptors (Lipinski definition) is 2. The maximum Gasteiger partial charge on any atom is 0.119 e. The number of ether oxygens (including phenoxy) is 1. The van der Waals surface area contributed by atoms with Crippen LogP contribution in [0.5, 0.6) is 5.75 Å². The van der Waals surface area contributed by atoms with Gasteiger partial charge in [-0.15, -0.1) is 0 Å². The molecule has 1 saturated heterocycles. The molecule has 2 nitrogen and oxygen atoms in total. The molecule has 2 unspecified atom stereocenters. The van der Waals surface area contributed by atoms with Crippen molar-refractivity contribution in [3.63, 3.8) is 0 Å². The molecule has 2 aliphatic rings. The van der Waals surface area contributed by atoms with Crippen LogP contribution in [-0.2, 0) is 0 Å². The third kappa shape index (κ3) is 1.44. The molecule has 2 bridgehead atoms. The van der Waals surface area contributed by atoms with Crippen LogP contribution in [0.2, 0.25) is 0 Å². The van der Waals surface area contributed by atoms with E-state index in [4.69, 9.17) is 4.74 Å². The van der Waals surface area contributed by atoms with E-state index in [9.17, 15) is 0 Å². The summed E-state index contributed by atoms with van der Waals surface area (Å²) < 4.78 is 5.30. The zero-order chi connectivity index (χ0) is 10.3. The van der Waals surface area contributed by atoms with E-state index < -0.39 is 0 Å². The fourth-order valence-corrected chi connectivity index (χ4v) is 3.02. The van der Waals surface area contributed by atoms with E-state index in [1.54, 1.807) is 18.2 Å². The number of hydrogen-bond donors (Lipinski definition) is 1.